The lowest BCUT2D eigenvalue weighted by atomic mass is 10.3. The standard InChI is InChI=1S/C11H13N5O4S/c1-15-5-4-13-11(15)7-14-21(19,20)8-2-3-9(12)10(6-8)16(17)18/h2-6,14H,7,12H2,1H3. The maximum atomic E-state index is 12.1. The second kappa shape index (κ2) is 5.50. The first-order valence-corrected chi connectivity index (χ1v) is 7.29. The molecule has 0 aliphatic carbocycles. The van der Waals surface area contributed by atoms with Gasteiger partial charge in [-0.3, -0.25) is 10.1 Å². The van der Waals surface area contributed by atoms with Crippen LogP contribution in [-0.2, 0) is 23.6 Å². The molecule has 0 spiro atoms. The smallest absolute Gasteiger partial charge is 0.293 e. The predicted octanol–water partition coefficient (Wildman–Crippen LogP) is 0.389. The van der Waals surface area contributed by atoms with Crippen LogP contribution < -0.4 is 10.5 Å². The fraction of sp³-hybridized carbons (Fsp3) is 0.182. The molecule has 0 aliphatic rings. The number of nitrogen functional groups attached to an aromatic ring is 1. The van der Waals surface area contributed by atoms with Crippen LogP contribution in [0.5, 0.6) is 0 Å². The van der Waals surface area contributed by atoms with E-state index in [1.54, 1.807) is 17.8 Å². The van der Waals surface area contributed by atoms with E-state index in [0.29, 0.717) is 5.82 Å². The van der Waals surface area contributed by atoms with Gasteiger partial charge in [-0.05, 0) is 12.1 Å². The van der Waals surface area contributed by atoms with Crippen molar-refractivity contribution in [3.63, 3.8) is 0 Å². The van der Waals surface area contributed by atoms with Crippen LogP contribution in [0.25, 0.3) is 0 Å². The molecule has 112 valence electrons. The summed E-state index contributed by atoms with van der Waals surface area (Å²) in [6.45, 7) is -0.0238. The van der Waals surface area contributed by atoms with E-state index in [1.165, 1.54) is 18.3 Å². The Bertz CT molecular complexity index is 784. The van der Waals surface area contributed by atoms with Crippen molar-refractivity contribution in [2.24, 2.45) is 7.05 Å². The zero-order valence-corrected chi connectivity index (χ0v) is 11.9. The van der Waals surface area contributed by atoms with E-state index >= 15 is 0 Å². The first kappa shape index (κ1) is 14.9. The molecule has 0 fully saturated rings. The fourth-order valence-electron chi connectivity index (χ4n) is 1.66. The van der Waals surface area contributed by atoms with Crippen molar-refractivity contribution < 1.29 is 13.3 Å². The molecule has 1 aromatic carbocycles. The first-order valence-electron chi connectivity index (χ1n) is 5.81. The van der Waals surface area contributed by atoms with Crippen LogP contribution in [0, 0.1) is 10.1 Å². The Labute approximate surface area is 120 Å². The quantitative estimate of drug-likeness (QED) is 0.466. The van der Waals surface area contributed by atoms with Gasteiger partial charge < -0.3 is 10.3 Å². The number of nitro groups is 1. The Hall–Kier alpha value is -2.46. The number of hydrogen-bond acceptors (Lipinski definition) is 6. The number of imidazole rings is 1. The van der Waals surface area contributed by atoms with E-state index in [9.17, 15) is 18.5 Å². The Kier molecular flexibility index (Phi) is 3.91. The van der Waals surface area contributed by atoms with Gasteiger partial charge in [0.25, 0.3) is 5.69 Å². The van der Waals surface area contributed by atoms with Crippen LogP contribution in [0.15, 0.2) is 35.5 Å². The van der Waals surface area contributed by atoms with E-state index in [2.05, 4.69) is 9.71 Å². The van der Waals surface area contributed by atoms with Crippen LogP contribution >= 0.6 is 0 Å². The third-order valence-corrected chi connectivity index (χ3v) is 4.25. The van der Waals surface area contributed by atoms with Gasteiger partial charge in [-0.15, -0.1) is 0 Å². The summed E-state index contributed by atoms with van der Waals surface area (Å²) in [7, 11) is -2.16. The Morgan fingerprint density at radius 3 is 2.76 bits per heavy atom. The molecule has 0 unspecified atom stereocenters. The zero-order chi connectivity index (χ0) is 15.6. The summed E-state index contributed by atoms with van der Waals surface area (Å²) in [5.41, 5.74) is 4.89. The van der Waals surface area contributed by atoms with Gasteiger partial charge in [0.15, 0.2) is 0 Å². The molecule has 1 heterocycles. The van der Waals surface area contributed by atoms with Crippen molar-refractivity contribution in [3.05, 3.63) is 46.5 Å². The van der Waals surface area contributed by atoms with Gasteiger partial charge in [0.2, 0.25) is 10.0 Å². The van der Waals surface area contributed by atoms with Crippen molar-refractivity contribution >= 4 is 21.4 Å². The molecular formula is C11H13N5O4S. The van der Waals surface area contributed by atoms with Gasteiger partial charge in [0.1, 0.15) is 11.5 Å². The molecule has 3 N–H and O–H groups in total. The van der Waals surface area contributed by atoms with E-state index in [1.807, 2.05) is 0 Å². The average Bonchev–Trinajstić information content (AvgIpc) is 2.82. The molecule has 0 atom stereocenters. The van der Waals surface area contributed by atoms with Gasteiger partial charge >= 0.3 is 0 Å². The third-order valence-electron chi connectivity index (χ3n) is 2.85. The second-order valence-corrected chi connectivity index (χ2v) is 6.02. The van der Waals surface area contributed by atoms with E-state index in [0.717, 1.165) is 6.07 Å². The first-order chi connectivity index (χ1) is 9.81. The molecule has 2 rings (SSSR count). The number of aromatic nitrogens is 2. The molecule has 10 heteroatoms. The van der Waals surface area contributed by atoms with Crippen LogP contribution in [0.4, 0.5) is 11.4 Å². The minimum absolute atomic E-state index is 0.0238. The van der Waals surface area contributed by atoms with E-state index in [4.69, 9.17) is 5.73 Å². The molecular weight excluding hydrogens is 298 g/mol. The van der Waals surface area contributed by atoms with Crippen molar-refractivity contribution in [2.45, 2.75) is 11.4 Å². The van der Waals surface area contributed by atoms with Crippen molar-refractivity contribution in [3.8, 4) is 0 Å². The Morgan fingerprint density at radius 2 is 2.19 bits per heavy atom. The maximum Gasteiger partial charge on any atom is 0.293 e. The lowest BCUT2D eigenvalue weighted by Gasteiger charge is -2.07. The summed E-state index contributed by atoms with van der Waals surface area (Å²) in [5, 5.41) is 10.8. The summed E-state index contributed by atoms with van der Waals surface area (Å²) in [5.74, 6) is 0.517. The highest BCUT2D eigenvalue weighted by molar-refractivity contribution is 7.89. The highest BCUT2D eigenvalue weighted by atomic mass is 32.2. The second-order valence-electron chi connectivity index (χ2n) is 4.26. The summed E-state index contributed by atoms with van der Waals surface area (Å²) < 4.78 is 28.2. The largest absolute Gasteiger partial charge is 0.393 e. The normalized spacial score (nSPS) is 11.5. The van der Waals surface area contributed by atoms with Gasteiger partial charge in [-0.2, -0.15) is 0 Å². The highest BCUT2D eigenvalue weighted by Crippen LogP contribution is 2.24. The van der Waals surface area contributed by atoms with Crippen LogP contribution in [0.1, 0.15) is 5.82 Å². The minimum Gasteiger partial charge on any atom is -0.393 e. The number of benzene rings is 1. The Morgan fingerprint density at radius 1 is 1.48 bits per heavy atom. The summed E-state index contributed by atoms with van der Waals surface area (Å²) in [4.78, 5) is 13.8. The fourth-order valence-corrected chi connectivity index (χ4v) is 2.66. The number of aryl methyl sites for hydroxylation is 1. The van der Waals surface area contributed by atoms with Gasteiger partial charge in [-0.1, -0.05) is 0 Å². The van der Waals surface area contributed by atoms with Crippen LogP contribution in [0.2, 0.25) is 0 Å². The molecule has 9 nitrogen and oxygen atoms in total. The lowest BCUT2D eigenvalue weighted by molar-refractivity contribution is -0.384. The van der Waals surface area contributed by atoms with Crippen molar-refractivity contribution in [1.82, 2.24) is 14.3 Å². The molecule has 21 heavy (non-hydrogen) atoms. The highest BCUT2D eigenvalue weighted by Gasteiger charge is 2.20. The number of hydrogen-bond donors (Lipinski definition) is 2. The summed E-state index contributed by atoms with van der Waals surface area (Å²) >= 11 is 0. The van der Waals surface area contributed by atoms with Gasteiger partial charge in [0, 0.05) is 25.5 Å². The molecule has 0 saturated heterocycles. The monoisotopic (exact) mass is 311 g/mol. The number of nitrogens with two attached hydrogens (primary N) is 1. The van der Waals surface area contributed by atoms with Gasteiger partial charge in [0.05, 0.1) is 16.4 Å². The number of nitrogens with zero attached hydrogens (tertiary/aromatic N) is 3. The third kappa shape index (κ3) is 3.17. The molecule has 0 radical (unpaired) electrons. The molecule has 1 aromatic heterocycles. The van der Waals surface area contributed by atoms with Crippen molar-refractivity contribution in [2.75, 3.05) is 5.73 Å². The van der Waals surface area contributed by atoms with Crippen LogP contribution in [0.3, 0.4) is 0 Å². The lowest BCUT2D eigenvalue weighted by Crippen LogP contribution is -2.24. The average molecular weight is 311 g/mol. The molecule has 0 bridgehead atoms. The van der Waals surface area contributed by atoms with Gasteiger partial charge in [-0.25, -0.2) is 18.1 Å². The molecule has 0 saturated carbocycles. The SMILES string of the molecule is Cn1ccnc1CNS(=O)(=O)c1ccc(N)c([N+](=O)[O-])c1. The Balaban J connectivity index is 2.26. The van der Waals surface area contributed by atoms with E-state index < -0.39 is 20.6 Å². The molecule has 0 aliphatic heterocycles. The number of rotatable bonds is 5. The maximum absolute atomic E-state index is 12.1. The number of nitro benzene ring substituents is 1. The predicted molar refractivity (Wildman–Crippen MR) is 74.7 cm³/mol. The molecule has 2 aromatic rings. The van der Waals surface area contributed by atoms with E-state index in [-0.39, 0.29) is 17.1 Å². The molecule has 0 amide bonds. The van der Waals surface area contributed by atoms with Crippen LogP contribution in [-0.4, -0.2) is 22.9 Å². The number of nitrogens with one attached hydrogen (secondary N) is 1. The topological polar surface area (TPSA) is 133 Å². The minimum atomic E-state index is -3.89. The summed E-state index contributed by atoms with van der Waals surface area (Å²) in [6.07, 6.45) is 3.22. The summed E-state index contributed by atoms with van der Waals surface area (Å²) in [6, 6.07) is 3.33. The number of sulfonamides is 1. The zero-order valence-electron chi connectivity index (χ0n) is 11.1. The van der Waals surface area contributed by atoms with Crippen molar-refractivity contribution in [1.29, 1.82) is 0 Å². The number of anilines is 1.